The van der Waals surface area contributed by atoms with Gasteiger partial charge in [0.25, 0.3) is 0 Å². The van der Waals surface area contributed by atoms with Gasteiger partial charge in [-0.1, -0.05) is 31.7 Å². The van der Waals surface area contributed by atoms with E-state index in [0.717, 1.165) is 22.5 Å². The lowest BCUT2D eigenvalue weighted by Crippen LogP contribution is -2.31. The maximum atomic E-state index is 5.52. The molecule has 23 heavy (non-hydrogen) atoms. The van der Waals surface area contributed by atoms with Crippen molar-refractivity contribution in [1.82, 2.24) is 14.9 Å². The Morgan fingerprint density at radius 1 is 1.22 bits per heavy atom. The molecule has 3 aliphatic heterocycles. The molecule has 118 valence electrons. The number of benzene rings is 1. The largest absolute Gasteiger partial charge is 0.454 e. The number of rotatable bonds is 2. The third kappa shape index (κ3) is 1.91. The lowest BCUT2D eigenvalue weighted by molar-refractivity contribution is 0.174. The summed E-state index contributed by atoms with van der Waals surface area (Å²) in [6, 6.07) is 6.15. The zero-order valence-corrected chi connectivity index (χ0v) is 14.2. The Kier molecular flexibility index (Phi) is 2.87. The van der Waals surface area contributed by atoms with Crippen LogP contribution in [-0.4, -0.2) is 21.7 Å². The molecular weight excluding hydrogens is 332 g/mol. The van der Waals surface area contributed by atoms with Crippen LogP contribution in [0.5, 0.6) is 11.5 Å². The summed E-state index contributed by atoms with van der Waals surface area (Å²) in [5.41, 5.74) is 1.18. The molecule has 0 aliphatic carbocycles. The average molecular weight is 346 g/mol. The fourth-order valence-electron chi connectivity index (χ4n) is 2.91. The van der Waals surface area contributed by atoms with Gasteiger partial charge in [-0.15, -0.1) is 10.2 Å². The molecule has 0 saturated heterocycles. The topological polar surface area (TPSA) is 52.4 Å². The van der Waals surface area contributed by atoms with Gasteiger partial charge in [-0.25, -0.2) is 4.68 Å². The van der Waals surface area contributed by atoms with E-state index in [9.17, 15) is 0 Å². The van der Waals surface area contributed by atoms with Crippen molar-refractivity contribution in [2.75, 3.05) is 11.8 Å². The van der Waals surface area contributed by atoms with E-state index < -0.39 is 0 Å². The number of hydrogen-bond donors (Lipinski definition) is 0. The van der Waals surface area contributed by atoms with Crippen molar-refractivity contribution in [3.63, 3.8) is 0 Å². The lowest BCUT2D eigenvalue weighted by atomic mass is 10.2. The zero-order valence-electron chi connectivity index (χ0n) is 12.6. The first-order chi connectivity index (χ1) is 11.2. The van der Waals surface area contributed by atoms with Crippen molar-refractivity contribution in [2.24, 2.45) is 0 Å². The maximum Gasteiger partial charge on any atom is 0.231 e. The minimum Gasteiger partial charge on any atom is -0.454 e. The van der Waals surface area contributed by atoms with Gasteiger partial charge in [-0.2, -0.15) is 0 Å². The summed E-state index contributed by atoms with van der Waals surface area (Å²) in [4.78, 5) is 0. The molecule has 6 nitrogen and oxygen atoms in total. The fraction of sp³-hybridized carbons (Fsp3) is 0.333. The molecule has 4 heterocycles. The van der Waals surface area contributed by atoms with Crippen molar-refractivity contribution in [2.45, 2.75) is 30.3 Å². The second-order valence-electron chi connectivity index (χ2n) is 5.81. The molecule has 0 radical (unpaired) electrons. The zero-order chi connectivity index (χ0) is 15.6. The quantitative estimate of drug-likeness (QED) is 0.826. The summed E-state index contributed by atoms with van der Waals surface area (Å²) < 4.78 is 13.1. The van der Waals surface area contributed by atoms with Gasteiger partial charge in [-0.3, -0.25) is 5.01 Å². The minimum absolute atomic E-state index is 0.154. The Morgan fingerprint density at radius 2 is 2.09 bits per heavy atom. The van der Waals surface area contributed by atoms with Gasteiger partial charge in [-0.05, 0) is 29.5 Å². The van der Waals surface area contributed by atoms with Crippen molar-refractivity contribution in [1.29, 1.82) is 0 Å². The Hall–Kier alpha value is -1.80. The van der Waals surface area contributed by atoms with E-state index in [1.165, 1.54) is 10.6 Å². The molecule has 5 rings (SSSR count). The molecule has 2 aromatic rings. The monoisotopic (exact) mass is 346 g/mol. The number of nitrogens with zero attached hydrogens (tertiary/aromatic N) is 4. The van der Waals surface area contributed by atoms with Gasteiger partial charge < -0.3 is 9.47 Å². The molecule has 0 fully saturated rings. The predicted molar refractivity (Wildman–Crippen MR) is 89.2 cm³/mol. The van der Waals surface area contributed by atoms with Crippen LogP contribution < -0.4 is 14.5 Å². The molecule has 0 spiro atoms. The summed E-state index contributed by atoms with van der Waals surface area (Å²) in [6.45, 7) is 4.58. The molecule has 3 aliphatic rings. The molecule has 0 amide bonds. The summed E-state index contributed by atoms with van der Waals surface area (Å²) >= 11 is 3.46. The Balaban J connectivity index is 1.57. The highest BCUT2D eigenvalue weighted by Gasteiger charge is 2.40. The molecule has 1 unspecified atom stereocenters. The highest BCUT2D eigenvalue weighted by atomic mass is 32.2. The second-order valence-corrected chi connectivity index (χ2v) is 7.75. The van der Waals surface area contributed by atoms with Crippen LogP contribution >= 0.6 is 23.5 Å². The van der Waals surface area contributed by atoms with Gasteiger partial charge in [0.15, 0.2) is 17.3 Å². The molecular formula is C15H14N4O2S2. The van der Waals surface area contributed by atoms with E-state index in [-0.39, 0.29) is 5.37 Å². The third-order valence-corrected chi connectivity index (χ3v) is 6.18. The first-order valence-corrected chi connectivity index (χ1v) is 9.16. The average Bonchev–Trinajstić information content (AvgIpc) is 3.26. The number of ether oxygens (including phenoxy) is 2. The van der Waals surface area contributed by atoms with E-state index in [1.807, 2.05) is 6.07 Å². The molecule has 0 saturated carbocycles. The van der Waals surface area contributed by atoms with Crippen LogP contribution in [0.3, 0.4) is 0 Å². The number of fused-ring (bicyclic) bond motifs is 4. The van der Waals surface area contributed by atoms with E-state index in [2.05, 4.69) is 51.3 Å². The maximum absolute atomic E-state index is 5.52. The van der Waals surface area contributed by atoms with Gasteiger partial charge >= 0.3 is 0 Å². The summed E-state index contributed by atoms with van der Waals surface area (Å²) in [6.07, 6.45) is 0. The van der Waals surface area contributed by atoms with E-state index in [0.29, 0.717) is 12.7 Å². The molecule has 1 aromatic carbocycles. The Bertz CT molecular complexity index is 833. The van der Waals surface area contributed by atoms with Gasteiger partial charge in [0, 0.05) is 11.3 Å². The molecule has 0 bridgehead atoms. The second kappa shape index (κ2) is 4.85. The summed E-state index contributed by atoms with van der Waals surface area (Å²) in [7, 11) is 0. The first kappa shape index (κ1) is 13.6. The minimum atomic E-state index is 0.154. The van der Waals surface area contributed by atoms with Crippen LogP contribution in [0.25, 0.3) is 0 Å². The van der Waals surface area contributed by atoms with E-state index in [4.69, 9.17) is 9.47 Å². The summed E-state index contributed by atoms with van der Waals surface area (Å²) in [5.74, 6) is 2.94. The third-order valence-electron chi connectivity index (χ3n) is 3.99. The number of hydrogen-bond acceptors (Lipinski definition) is 7. The Morgan fingerprint density at radius 3 is 2.96 bits per heavy atom. The highest BCUT2D eigenvalue weighted by molar-refractivity contribution is 8.07. The highest BCUT2D eigenvalue weighted by Crippen LogP contribution is 2.52. The van der Waals surface area contributed by atoms with Crippen LogP contribution in [0.15, 0.2) is 33.8 Å². The van der Waals surface area contributed by atoms with E-state index in [1.54, 1.807) is 23.5 Å². The lowest BCUT2D eigenvalue weighted by Gasteiger charge is -2.26. The van der Waals surface area contributed by atoms with Crippen LogP contribution in [0.4, 0.5) is 0 Å². The standard InChI is InChI=1S/C15H14N4O2S2/c1-8(2)13-16-17-15-19(13)18-12(23-15)6-22-14(18)9-3-4-10-11(5-9)21-7-20-10/h3-6,8,14H,7H2,1-2H3. The predicted octanol–water partition coefficient (Wildman–Crippen LogP) is 3.42. The molecule has 1 aromatic heterocycles. The molecule has 1 atom stereocenters. The van der Waals surface area contributed by atoms with Gasteiger partial charge in [0.1, 0.15) is 10.4 Å². The van der Waals surface area contributed by atoms with Crippen molar-refractivity contribution < 1.29 is 9.47 Å². The summed E-state index contributed by atoms with van der Waals surface area (Å²) in [5, 5.41) is 15.4. The Labute approximate surface area is 141 Å². The number of thioether (sulfide) groups is 2. The van der Waals surface area contributed by atoms with Crippen molar-refractivity contribution in [3.05, 3.63) is 40.0 Å². The normalized spacial score (nSPS) is 20.9. The van der Waals surface area contributed by atoms with Gasteiger partial charge in [0.2, 0.25) is 11.9 Å². The van der Waals surface area contributed by atoms with Crippen LogP contribution in [0.1, 0.15) is 36.5 Å². The molecule has 0 N–H and O–H groups in total. The molecule has 8 heteroatoms. The fourth-order valence-corrected chi connectivity index (χ4v) is 5.13. The van der Waals surface area contributed by atoms with Crippen molar-refractivity contribution in [3.8, 4) is 11.5 Å². The van der Waals surface area contributed by atoms with Crippen molar-refractivity contribution >= 4 is 23.5 Å². The van der Waals surface area contributed by atoms with E-state index >= 15 is 0 Å². The smallest absolute Gasteiger partial charge is 0.231 e. The number of aromatic nitrogens is 3. The van der Waals surface area contributed by atoms with Gasteiger partial charge in [0.05, 0.1) is 0 Å². The van der Waals surface area contributed by atoms with Crippen LogP contribution in [0, 0.1) is 0 Å². The van der Waals surface area contributed by atoms with Crippen LogP contribution in [0.2, 0.25) is 0 Å². The first-order valence-electron chi connectivity index (χ1n) is 7.40. The SMILES string of the molecule is CC(C)c1nnc2n1N1C(=CSC1c1ccc3c(c1)OCO3)S2. The van der Waals surface area contributed by atoms with Crippen LogP contribution in [-0.2, 0) is 0 Å².